The van der Waals surface area contributed by atoms with Gasteiger partial charge in [-0.05, 0) is 36.2 Å². The van der Waals surface area contributed by atoms with E-state index in [0.717, 1.165) is 5.56 Å². The fourth-order valence-corrected chi connectivity index (χ4v) is 1.83. The van der Waals surface area contributed by atoms with Gasteiger partial charge in [0.2, 0.25) is 5.91 Å². The molecule has 0 aliphatic heterocycles. The first-order valence-electron chi connectivity index (χ1n) is 6.76. The molecular formula is C16H13F2N3O2. The highest BCUT2D eigenvalue weighted by Crippen LogP contribution is 2.16. The van der Waals surface area contributed by atoms with Crippen LogP contribution in [0.1, 0.15) is 17.5 Å². The van der Waals surface area contributed by atoms with Gasteiger partial charge in [-0.15, -0.1) is 0 Å². The van der Waals surface area contributed by atoms with Crippen LogP contribution in [-0.2, 0) is 11.2 Å². The van der Waals surface area contributed by atoms with Crippen LogP contribution in [0.3, 0.4) is 0 Å². The predicted octanol–water partition coefficient (Wildman–Crippen LogP) is 3.13. The number of aromatic nitrogens is 1. The number of carbonyl (C=O) groups excluding carboxylic acids is 1. The highest BCUT2D eigenvalue weighted by molar-refractivity contribution is 5.89. The Morgan fingerprint density at radius 3 is 2.57 bits per heavy atom. The second-order valence-electron chi connectivity index (χ2n) is 4.61. The Labute approximate surface area is 131 Å². The lowest BCUT2D eigenvalue weighted by molar-refractivity contribution is -0.116. The number of nitriles is 1. The molecule has 1 amide bonds. The standard InChI is InChI=1S/C16H13F2N3O2/c17-16(18)23-13-5-1-11(2-6-13)4-8-15(22)21-14-7-3-12(9-19)10-20-14/h1-3,5-7,10,16H,4,8H2,(H,20,21,22). The van der Waals surface area contributed by atoms with Gasteiger partial charge in [-0.1, -0.05) is 12.1 Å². The summed E-state index contributed by atoms with van der Waals surface area (Å²) in [4.78, 5) is 15.8. The summed E-state index contributed by atoms with van der Waals surface area (Å²) in [7, 11) is 0. The highest BCUT2D eigenvalue weighted by Gasteiger charge is 2.06. The average Bonchev–Trinajstić information content (AvgIpc) is 2.54. The normalized spacial score (nSPS) is 10.2. The number of benzene rings is 1. The summed E-state index contributed by atoms with van der Waals surface area (Å²) < 4.78 is 28.3. The van der Waals surface area contributed by atoms with E-state index in [4.69, 9.17) is 5.26 Å². The Morgan fingerprint density at radius 2 is 2.00 bits per heavy atom. The minimum atomic E-state index is -2.86. The number of nitrogens with zero attached hydrogens (tertiary/aromatic N) is 2. The van der Waals surface area contributed by atoms with Crippen LogP contribution in [0, 0.1) is 11.3 Å². The Morgan fingerprint density at radius 1 is 1.26 bits per heavy atom. The van der Waals surface area contributed by atoms with Crippen molar-refractivity contribution in [2.24, 2.45) is 0 Å². The SMILES string of the molecule is N#Cc1ccc(NC(=O)CCc2ccc(OC(F)F)cc2)nc1. The molecule has 1 N–H and O–H groups in total. The zero-order valence-electron chi connectivity index (χ0n) is 12.0. The van der Waals surface area contributed by atoms with Crippen LogP contribution in [0.5, 0.6) is 5.75 Å². The minimum Gasteiger partial charge on any atom is -0.435 e. The molecule has 1 aromatic carbocycles. The second kappa shape index (κ2) is 7.84. The molecule has 2 aromatic rings. The van der Waals surface area contributed by atoms with E-state index in [-0.39, 0.29) is 18.1 Å². The van der Waals surface area contributed by atoms with E-state index in [1.807, 2.05) is 6.07 Å². The number of ether oxygens (including phenoxy) is 1. The fourth-order valence-electron chi connectivity index (χ4n) is 1.83. The first-order chi connectivity index (χ1) is 11.1. The van der Waals surface area contributed by atoms with Crippen molar-refractivity contribution in [3.05, 3.63) is 53.7 Å². The van der Waals surface area contributed by atoms with Gasteiger partial charge in [0.25, 0.3) is 0 Å². The van der Waals surface area contributed by atoms with Crippen LogP contribution < -0.4 is 10.1 Å². The van der Waals surface area contributed by atoms with Gasteiger partial charge >= 0.3 is 6.61 Å². The van der Waals surface area contributed by atoms with Crippen LogP contribution in [0.4, 0.5) is 14.6 Å². The van der Waals surface area contributed by atoms with Gasteiger partial charge < -0.3 is 10.1 Å². The topological polar surface area (TPSA) is 75.0 Å². The van der Waals surface area contributed by atoms with Gasteiger partial charge in [0, 0.05) is 12.6 Å². The Bertz CT molecular complexity index is 695. The number of anilines is 1. The monoisotopic (exact) mass is 317 g/mol. The Balaban J connectivity index is 1.82. The van der Waals surface area contributed by atoms with Crippen LogP contribution in [-0.4, -0.2) is 17.5 Å². The molecule has 0 aliphatic rings. The average molecular weight is 317 g/mol. The molecule has 2 rings (SSSR count). The van der Waals surface area contributed by atoms with E-state index in [1.165, 1.54) is 18.3 Å². The molecule has 118 valence electrons. The molecule has 0 saturated heterocycles. The fraction of sp³-hybridized carbons (Fsp3) is 0.188. The summed E-state index contributed by atoms with van der Waals surface area (Å²) in [5.41, 5.74) is 1.24. The van der Waals surface area contributed by atoms with Crippen LogP contribution in [0.25, 0.3) is 0 Å². The maximum atomic E-state index is 12.0. The molecule has 5 nitrogen and oxygen atoms in total. The van der Waals surface area contributed by atoms with Gasteiger partial charge in [-0.2, -0.15) is 14.0 Å². The second-order valence-corrected chi connectivity index (χ2v) is 4.61. The maximum Gasteiger partial charge on any atom is 0.387 e. The Hall–Kier alpha value is -3.01. The lowest BCUT2D eigenvalue weighted by Gasteiger charge is -2.06. The first-order valence-corrected chi connectivity index (χ1v) is 6.76. The van der Waals surface area contributed by atoms with Gasteiger partial charge in [-0.3, -0.25) is 4.79 Å². The maximum absolute atomic E-state index is 12.0. The van der Waals surface area contributed by atoms with Crippen LogP contribution in [0.2, 0.25) is 0 Å². The summed E-state index contributed by atoms with van der Waals surface area (Å²) in [5.74, 6) is 0.222. The number of hydrogen-bond donors (Lipinski definition) is 1. The quantitative estimate of drug-likeness (QED) is 0.888. The van der Waals surface area contributed by atoms with Crippen molar-refractivity contribution in [2.45, 2.75) is 19.5 Å². The molecule has 0 bridgehead atoms. The molecule has 1 heterocycles. The van der Waals surface area contributed by atoms with E-state index < -0.39 is 6.61 Å². The van der Waals surface area contributed by atoms with E-state index in [9.17, 15) is 13.6 Å². The number of halogens is 2. The lowest BCUT2D eigenvalue weighted by Crippen LogP contribution is -2.13. The largest absolute Gasteiger partial charge is 0.435 e. The van der Waals surface area contributed by atoms with Crippen molar-refractivity contribution in [2.75, 3.05) is 5.32 Å². The predicted molar refractivity (Wildman–Crippen MR) is 79.0 cm³/mol. The number of aryl methyl sites for hydroxylation is 1. The van der Waals surface area contributed by atoms with E-state index in [1.54, 1.807) is 24.3 Å². The van der Waals surface area contributed by atoms with E-state index in [2.05, 4.69) is 15.0 Å². The van der Waals surface area contributed by atoms with Gasteiger partial charge in [-0.25, -0.2) is 4.98 Å². The summed E-state index contributed by atoms with van der Waals surface area (Å²) in [6.45, 7) is -2.86. The molecule has 0 atom stereocenters. The number of carbonyl (C=O) groups is 1. The number of hydrogen-bond acceptors (Lipinski definition) is 4. The lowest BCUT2D eigenvalue weighted by atomic mass is 10.1. The molecule has 0 saturated carbocycles. The third kappa shape index (κ3) is 5.36. The number of rotatable bonds is 6. The highest BCUT2D eigenvalue weighted by atomic mass is 19.3. The summed E-state index contributed by atoms with van der Waals surface area (Å²) in [6.07, 6.45) is 2.05. The van der Waals surface area contributed by atoms with Crippen molar-refractivity contribution in [3.8, 4) is 11.8 Å². The number of alkyl halides is 2. The number of amides is 1. The Kier molecular flexibility index (Phi) is 5.58. The van der Waals surface area contributed by atoms with Crippen molar-refractivity contribution in [1.29, 1.82) is 5.26 Å². The molecule has 0 aliphatic carbocycles. The van der Waals surface area contributed by atoms with Crippen molar-refractivity contribution >= 4 is 11.7 Å². The van der Waals surface area contributed by atoms with Crippen molar-refractivity contribution in [3.63, 3.8) is 0 Å². The molecular weight excluding hydrogens is 304 g/mol. The molecule has 0 spiro atoms. The molecule has 0 unspecified atom stereocenters. The van der Waals surface area contributed by atoms with E-state index >= 15 is 0 Å². The zero-order valence-corrected chi connectivity index (χ0v) is 12.0. The molecule has 0 radical (unpaired) electrons. The van der Waals surface area contributed by atoms with Gasteiger partial charge in [0.05, 0.1) is 5.56 Å². The molecule has 1 aromatic heterocycles. The zero-order chi connectivity index (χ0) is 16.7. The summed E-state index contributed by atoms with van der Waals surface area (Å²) in [6, 6.07) is 11.2. The van der Waals surface area contributed by atoms with Gasteiger partial charge in [0.1, 0.15) is 17.6 Å². The minimum absolute atomic E-state index is 0.0787. The molecule has 0 fully saturated rings. The number of nitrogens with one attached hydrogen (secondary N) is 1. The third-order valence-electron chi connectivity index (χ3n) is 2.95. The summed E-state index contributed by atoms with van der Waals surface area (Å²) >= 11 is 0. The van der Waals surface area contributed by atoms with Crippen molar-refractivity contribution < 1.29 is 18.3 Å². The van der Waals surface area contributed by atoms with Gasteiger partial charge in [0.15, 0.2) is 0 Å². The summed E-state index contributed by atoms with van der Waals surface area (Å²) in [5, 5.41) is 11.3. The number of pyridine rings is 1. The third-order valence-corrected chi connectivity index (χ3v) is 2.95. The van der Waals surface area contributed by atoms with Crippen molar-refractivity contribution in [1.82, 2.24) is 4.98 Å². The molecule has 23 heavy (non-hydrogen) atoms. The first kappa shape index (κ1) is 16.4. The smallest absolute Gasteiger partial charge is 0.387 e. The van der Waals surface area contributed by atoms with E-state index in [0.29, 0.717) is 17.8 Å². The van der Waals surface area contributed by atoms with Crippen LogP contribution >= 0.6 is 0 Å². The molecule has 7 heteroatoms. The van der Waals surface area contributed by atoms with Crippen LogP contribution in [0.15, 0.2) is 42.6 Å².